The van der Waals surface area contributed by atoms with Crippen molar-refractivity contribution in [3.8, 4) is 5.75 Å². The van der Waals surface area contributed by atoms with Crippen LogP contribution in [-0.2, 0) is 4.79 Å². The van der Waals surface area contributed by atoms with E-state index >= 15 is 0 Å². The molecule has 2 N–H and O–H groups in total. The highest BCUT2D eigenvalue weighted by molar-refractivity contribution is 7.15. The largest absolute Gasteiger partial charge is 0.497 e. The van der Waals surface area contributed by atoms with Gasteiger partial charge in [-0.1, -0.05) is 22.9 Å². The first-order valence-corrected chi connectivity index (χ1v) is 12.2. The molecule has 3 aromatic rings. The van der Waals surface area contributed by atoms with Gasteiger partial charge in [0.25, 0.3) is 11.8 Å². The van der Waals surface area contributed by atoms with Crippen LogP contribution in [0.25, 0.3) is 0 Å². The second kappa shape index (κ2) is 11.3. The van der Waals surface area contributed by atoms with Gasteiger partial charge in [-0.3, -0.25) is 14.4 Å². The average Bonchev–Trinajstić information content (AvgIpc) is 3.36. The molecule has 1 fully saturated rings. The molecule has 0 unspecified atom stereocenters. The number of aromatic nitrogens is 2. The summed E-state index contributed by atoms with van der Waals surface area (Å²) in [5.74, 6) is 0.164. The summed E-state index contributed by atoms with van der Waals surface area (Å²) in [6.45, 7) is 1.04. The number of nitrogens with one attached hydrogen (secondary N) is 2. The minimum Gasteiger partial charge on any atom is -0.497 e. The highest BCUT2D eigenvalue weighted by atomic mass is 35.5. The molecule has 1 saturated heterocycles. The fourth-order valence-corrected chi connectivity index (χ4v) is 4.58. The zero-order valence-electron chi connectivity index (χ0n) is 19.0. The van der Waals surface area contributed by atoms with Gasteiger partial charge in [0.1, 0.15) is 5.75 Å². The van der Waals surface area contributed by atoms with Crippen LogP contribution >= 0.6 is 22.9 Å². The number of carbonyl (C=O) groups excluding carboxylic acids is 3. The summed E-state index contributed by atoms with van der Waals surface area (Å²) in [6, 6.07) is 13.9. The Hall–Kier alpha value is -3.50. The molecule has 0 spiro atoms. The molecule has 0 bridgehead atoms. The summed E-state index contributed by atoms with van der Waals surface area (Å²) in [7, 11) is 1.59. The average molecular weight is 514 g/mol. The number of carbonyl (C=O) groups is 3. The molecule has 1 aliphatic heterocycles. The Bertz CT molecular complexity index is 1190. The van der Waals surface area contributed by atoms with Gasteiger partial charge in [-0.2, -0.15) is 0 Å². The summed E-state index contributed by atoms with van der Waals surface area (Å²) >= 11 is 6.81. The molecular formula is C24H24ClN5O4S. The fourth-order valence-electron chi connectivity index (χ4n) is 3.74. The van der Waals surface area contributed by atoms with Crippen LogP contribution in [0.4, 0.5) is 11.4 Å². The minimum absolute atomic E-state index is 0.0552. The number of ether oxygens (including phenoxy) is 1. The Morgan fingerprint density at radius 3 is 2.23 bits per heavy atom. The van der Waals surface area contributed by atoms with Gasteiger partial charge in [-0.25, -0.2) is 0 Å². The van der Waals surface area contributed by atoms with E-state index < -0.39 is 5.91 Å². The molecule has 0 aliphatic carbocycles. The highest BCUT2D eigenvalue weighted by Crippen LogP contribution is 2.24. The molecule has 3 amide bonds. The summed E-state index contributed by atoms with van der Waals surface area (Å²) in [5.41, 5.74) is 1.29. The van der Waals surface area contributed by atoms with Crippen LogP contribution in [0.2, 0.25) is 5.02 Å². The van der Waals surface area contributed by atoms with Crippen molar-refractivity contribution in [1.29, 1.82) is 0 Å². The first-order valence-electron chi connectivity index (χ1n) is 11.0. The molecule has 0 atom stereocenters. The quantitative estimate of drug-likeness (QED) is 0.486. The van der Waals surface area contributed by atoms with Gasteiger partial charge in [0, 0.05) is 35.9 Å². The third-order valence-corrected chi connectivity index (χ3v) is 6.82. The molecule has 4 rings (SSSR count). The number of hydrogen-bond donors (Lipinski definition) is 2. The van der Waals surface area contributed by atoms with Gasteiger partial charge >= 0.3 is 0 Å². The number of halogens is 1. The van der Waals surface area contributed by atoms with Crippen molar-refractivity contribution in [2.45, 2.75) is 19.3 Å². The van der Waals surface area contributed by atoms with Crippen LogP contribution in [0.5, 0.6) is 5.75 Å². The summed E-state index contributed by atoms with van der Waals surface area (Å²) in [6.07, 6.45) is 1.82. The van der Waals surface area contributed by atoms with Gasteiger partial charge in [0.15, 0.2) is 0 Å². The fraction of sp³-hybridized carbons (Fsp3) is 0.292. The van der Waals surface area contributed by atoms with E-state index in [2.05, 4.69) is 20.8 Å². The minimum atomic E-state index is -0.439. The molecular weight excluding hydrogens is 490 g/mol. The van der Waals surface area contributed by atoms with E-state index in [-0.39, 0.29) is 27.7 Å². The molecule has 2 heterocycles. The van der Waals surface area contributed by atoms with Gasteiger partial charge in [-0.15, -0.1) is 10.2 Å². The maximum atomic E-state index is 12.9. The number of anilines is 2. The lowest BCUT2D eigenvalue weighted by Gasteiger charge is -2.31. The Labute approximate surface area is 211 Å². The van der Waals surface area contributed by atoms with E-state index in [1.54, 1.807) is 60.5 Å². The maximum absolute atomic E-state index is 12.9. The molecule has 0 saturated carbocycles. The van der Waals surface area contributed by atoms with Crippen molar-refractivity contribution < 1.29 is 19.1 Å². The monoisotopic (exact) mass is 513 g/mol. The second-order valence-electron chi connectivity index (χ2n) is 8.09. The lowest BCUT2D eigenvalue weighted by atomic mass is 9.93. The van der Waals surface area contributed by atoms with Crippen molar-refractivity contribution in [2.24, 2.45) is 5.92 Å². The van der Waals surface area contributed by atoms with Gasteiger partial charge in [-0.05, 0) is 67.3 Å². The lowest BCUT2D eigenvalue weighted by molar-refractivity contribution is -0.117. The number of rotatable bonds is 7. The lowest BCUT2D eigenvalue weighted by Crippen LogP contribution is -2.39. The molecule has 1 aliphatic rings. The standard InChI is InChI=1S/C24H24ClN5O4S/c1-34-19-8-6-17(7-9-19)26-20(31)14-15-10-12-30(13-11-15)24(33)23-29-28-22(35-23)21(32)27-18-4-2-16(25)3-5-18/h2-9,15H,10-14H2,1H3,(H,26,31)(H,27,32). The van der Waals surface area contributed by atoms with Gasteiger partial charge in [0.2, 0.25) is 15.9 Å². The van der Waals surface area contributed by atoms with E-state index in [0.29, 0.717) is 43.1 Å². The SMILES string of the molecule is COc1ccc(NC(=O)CC2CCN(C(=O)c3nnc(C(=O)Nc4ccc(Cl)cc4)s3)CC2)cc1. The van der Waals surface area contributed by atoms with Crippen molar-refractivity contribution in [1.82, 2.24) is 15.1 Å². The molecule has 35 heavy (non-hydrogen) atoms. The molecule has 2 aromatic carbocycles. The molecule has 182 valence electrons. The van der Waals surface area contributed by atoms with Crippen molar-refractivity contribution in [2.75, 3.05) is 30.8 Å². The first-order chi connectivity index (χ1) is 16.9. The number of benzene rings is 2. The van der Waals surface area contributed by atoms with Gasteiger partial charge in [0.05, 0.1) is 7.11 Å². The Morgan fingerprint density at radius 1 is 0.971 bits per heavy atom. The number of methoxy groups -OCH3 is 1. The molecule has 0 radical (unpaired) electrons. The number of nitrogens with zero attached hydrogens (tertiary/aromatic N) is 3. The highest BCUT2D eigenvalue weighted by Gasteiger charge is 2.28. The Kier molecular flexibility index (Phi) is 7.94. The second-order valence-corrected chi connectivity index (χ2v) is 9.50. The number of piperidine rings is 1. The summed E-state index contributed by atoms with van der Waals surface area (Å²) < 4.78 is 5.12. The number of amides is 3. The van der Waals surface area contributed by atoms with Crippen molar-refractivity contribution in [3.63, 3.8) is 0 Å². The topological polar surface area (TPSA) is 114 Å². The van der Waals surface area contributed by atoms with E-state index in [4.69, 9.17) is 16.3 Å². The molecule has 9 nitrogen and oxygen atoms in total. The van der Waals surface area contributed by atoms with E-state index in [1.165, 1.54) is 0 Å². The first kappa shape index (κ1) is 24.6. The van der Waals surface area contributed by atoms with Crippen LogP contribution < -0.4 is 15.4 Å². The smallest absolute Gasteiger partial charge is 0.286 e. The normalized spacial score (nSPS) is 13.8. The zero-order valence-corrected chi connectivity index (χ0v) is 20.6. The van der Waals surface area contributed by atoms with Crippen LogP contribution in [0.1, 0.15) is 38.9 Å². The van der Waals surface area contributed by atoms with Gasteiger partial charge < -0.3 is 20.3 Å². The molecule has 1 aromatic heterocycles. The predicted octanol–water partition coefficient (Wildman–Crippen LogP) is 4.33. The van der Waals surface area contributed by atoms with Crippen LogP contribution in [0.15, 0.2) is 48.5 Å². The predicted molar refractivity (Wildman–Crippen MR) is 134 cm³/mol. The summed E-state index contributed by atoms with van der Waals surface area (Å²) in [5, 5.41) is 14.2. The number of likely N-dealkylation sites (tertiary alicyclic amines) is 1. The Balaban J connectivity index is 1.25. The van der Waals surface area contributed by atoms with Crippen molar-refractivity contribution >= 4 is 52.0 Å². The van der Waals surface area contributed by atoms with Crippen LogP contribution in [-0.4, -0.2) is 53.0 Å². The van der Waals surface area contributed by atoms with E-state index in [1.807, 2.05) is 0 Å². The zero-order chi connectivity index (χ0) is 24.8. The third-order valence-electron chi connectivity index (χ3n) is 5.65. The van der Waals surface area contributed by atoms with Crippen molar-refractivity contribution in [3.05, 3.63) is 63.6 Å². The number of hydrogen-bond acceptors (Lipinski definition) is 7. The summed E-state index contributed by atoms with van der Waals surface area (Å²) in [4.78, 5) is 39.4. The Morgan fingerprint density at radius 2 is 1.57 bits per heavy atom. The van der Waals surface area contributed by atoms with Crippen LogP contribution in [0.3, 0.4) is 0 Å². The van der Waals surface area contributed by atoms with E-state index in [9.17, 15) is 14.4 Å². The third kappa shape index (κ3) is 6.55. The molecule has 11 heteroatoms. The maximum Gasteiger partial charge on any atom is 0.286 e. The van der Waals surface area contributed by atoms with Crippen LogP contribution in [0, 0.1) is 5.92 Å². The van der Waals surface area contributed by atoms with E-state index in [0.717, 1.165) is 22.8 Å².